The maximum Gasteiger partial charge on any atom is 0.418 e. The van der Waals surface area contributed by atoms with Crippen molar-refractivity contribution in [1.82, 2.24) is 20.3 Å². The second kappa shape index (κ2) is 5.71. The molecule has 23 heavy (non-hydrogen) atoms. The van der Waals surface area contributed by atoms with E-state index >= 15 is 0 Å². The Balaban J connectivity index is 1.82. The highest BCUT2D eigenvalue weighted by Gasteiger charge is 2.33. The van der Waals surface area contributed by atoms with Crippen molar-refractivity contribution in [2.75, 3.05) is 0 Å². The topological polar surface area (TPSA) is 70.7 Å². The van der Waals surface area contributed by atoms with Crippen LogP contribution < -0.4 is 5.32 Å². The van der Waals surface area contributed by atoms with E-state index in [-0.39, 0.29) is 17.8 Å². The summed E-state index contributed by atoms with van der Waals surface area (Å²) in [5, 5.41) is 2.45. The Hall–Kier alpha value is -2.90. The smallest absolute Gasteiger partial charge is 0.346 e. The fourth-order valence-corrected chi connectivity index (χ4v) is 2.24. The van der Waals surface area contributed by atoms with Gasteiger partial charge in [0.1, 0.15) is 5.52 Å². The Morgan fingerprint density at radius 2 is 2.00 bits per heavy atom. The molecule has 3 aromatic rings. The Morgan fingerprint density at radius 1 is 1.17 bits per heavy atom. The zero-order valence-electron chi connectivity index (χ0n) is 11.7. The van der Waals surface area contributed by atoms with Crippen molar-refractivity contribution in [3.8, 4) is 0 Å². The van der Waals surface area contributed by atoms with Crippen LogP contribution in [0.2, 0.25) is 0 Å². The van der Waals surface area contributed by atoms with E-state index in [0.717, 1.165) is 6.07 Å². The minimum Gasteiger partial charge on any atom is -0.346 e. The summed E-state index contributed by atoms with van der Waals surface area (Å²) < 4.78 is 38.7. The van der Waals surface area contributed by atoms with Crippen LogP contribution in [0.1, 0.15) is 21.6 Å². The average Bonchev–Trinajstić information content (AvgIpc) is 3.00. The molecule has 0 aliphatic rings. The number of halogens is 3. The molecule has 0 atom stereocenters. The Kier molecular flexibility index (Phi) is 3.73. The van der Waals surface area contributed by atoms with E-state index in [4.69, 9.17) is 0 Å². The number of benzene rings is 1. The number of fused-ring (bicyclic) bond motifs is 1. The largest absolute Gasteiger partial charge is 0.418 e. The molecule has 1 aromatic carbocycles. The van der Waals surface area contributed by atoms with E-state index in [0.29, 0.717) is 11.0 Å². The average molecular weight is 320 g/mol. The fraction of sp³-hybridized carbons (Fsp3) is 0.133. The molecule has 0 saturated carbocycles. The van der Waals surface area contributed by atoms with Crippen LogP contribution in [0.25, 0.3) is 11.0 Å². The van der Waals surface area contributed by atoms with Gasteiger partial charge < -0.3 is 10.3 Å². The molecule has 0 unspecified atom stereocenters. The first-order chi connectivity index (χ1) is 11.0. The third-order valence-electron chi connectivity index (χ3n) is 3.31. The van der Waals surface area contributed by atoms with Crippen LogP contribution in [0.4, 0.5) is 13.2 Å². The van der Waals surface area contributed by atoms with Crippen molar-refractivity contribution < 1.29 is 18.0 Å². The molecule has 2 heterocycles. The van der Waals surface area contributed by atoms with Gasteiger partial charge in [0, 0.05) is 6.20 Å². The molecule has 0 saturated heterocycles. The number of nitrogens with zero attached hydrogens (tertiary/aromatic N) is 2. The second-order valence-corrected chi connectivity index (χ2v) is 4.78. The second-order valence-electron chi connectivity index (χ2n) is 4.78. The van der Waals surface area contributed by atoms with E-state index < -0.39 is 17.6 Å². The van der Waals surface area contributed by atoms with Gasteiger partial charge in [0.2, 0.25) is 0 Å². The number of rotatable bonds is 3. The summed E-state index contributed by atoms with van der Waals surface area (Å²) in [7, 11) is 0. The Bertz CT molecular complexity index is 857. The molecule has 1 amide bonds. The summed E-state index contributed by atoms with van der Waals surface area (Å²) in [6.45, 7) is -0.324. The van der Waals surface area contributed by atoms with E-state index in [1.165, 1.54) is 18.6 Å². The molecule has 0 spiro atoms. The monoisotopic (exact) mass is 320 g/mol. The quantitative estimate of drug-likeness (QED) is 0.779. The fourth-order valence-electron chi connectivity index (χ4n) is 2.24. The number of aromatic amines is 1. The van der Waals surface area contributed by atoms with Crippen LogP contribution in [-0.4, -0.2) is 20.9 Å². The number of nitrogens with one attached hydrogen (secondary N) is 2. The van der Waals surface area contributed by atoms with Crippen molar-refractivity contribution in [3.63, 3.8) is 0 Å². The predicted octanol–water partition coefficient (Wildman–Crippen LogP) is 2.91. The Labute approximate surface area is 128 Å². The van der Waals surface area contributed by atoms with Gasteiger partial charge in [0.25, 0.3) is 5.91 Å². The molecule has 118 valence electrons. The molecule has 0 aliphatic carbocycles. The number of aromatic nitrogens is 3. The zero-order valence-corrected chi connectivity index (χ0v) is 11.7. The normalized spacial score (nSPS) is 11.6. The van der Waals surface area contributed by atoms with Gasteiger partial charge in [-0.25, -0.2) is 4.98 Å². The van der Waals surface area contributed by atoms with Gasteiger partial charge in [0.05, 0.1) is 35.2 Å². The van der Waals surface area contributed by atoms with Crippen LogP contribution in [0, 0.1) is 0 Å². The van der Waals surface area contributed by atoms with Crippen LogP contribution in [0.5, 0.6) is 0 Å². The van der Waals surface area contributed by atoms with E-state index in [1.54, 1.807) is 18.2 Å². The third kappa shape index (κ3) is 3.01. The van der Waals surface area contributed by atoms with Crippen molar-refractivity contribution in [1.29, 1.82) is 0 Å². The van der Waals surface area contributed by atoms with Crippen LogP contribution in [-0.2, 0) is 12.7 Å². The van der Waals surface area contributed by atoms with Crippen molar-refractivity contribution in [2.45, 2.75) is 12.7 Å². The van der Waals surface area contributed by atoms with Crippen LogP contribution in [0.3, 0.4) is 0 Å². The molecule has 2 aromatic heterocycles. The Morgan fingerprint density at radius 3 is 2.78 bits per heavy atom. The molecule has 5 nitrogen and oxygen atoms in total. The number of hydrogen-bond donors (Lipinski definition) is 2. The van der Waals surface area contributed by atoms with Crippen LogP contribution in [0.15, 0.2) is 42.9 Å². The number of para-hydroxylation sites is 1. The predicted molar refractivity (Wildman–Crippen MR) is 76.5 cm³/mol. The molecule has 0 bridgehead atoms. The van der Waals surface area contributed by atoms with Gasteiger partial charge in [-0.1, -0.05) is 6.07 Å². The van der Waals surface area contributed by atoms with E-state index in [1.807, 2.05) is 0 Å². The lowest BCUT2D eigenvalue weighted by atomic mass is 10.1. The number of carbonyl (C=O) groups is 1. The molecule has 0 aliphatic heterocycles. The highest BCUT2D eigenvalue weighted by atomic mass is 19.4. The maximum atomic E-state index is 12.9. The van der Waals surface area contributed by atoms with Gasteiger partial charge in [0.15, 0.2) is 0 Å². The van der Waals surface area contributed by atoms with Gasteiger partial charge >= 0.3 is 6.18 Å². The summed E-state index contributed by atoms with van der Waals surface area (Å²) in [6.07, 6.45) is -1.82. The first-order valence-corrected chi connectivity index (χ1v) is 6.68. The standard InChI is InChI=1S/C15H11F3N4O/c16-15(17,18)10-4-2-6-19-12(10)7-20-14(23)9-3-1-5-11-13(9)22-8-21-11/h1-6,8H,7H2,(H,20,23)(H,21,22). The van der Waals surface area contributed by atoms with E-state index in [9.17, 15) is 18.0 Å². The number of H-pyrrole nitrogens is 1. The number of carbonyl (C=O) groups excluding carboxylic acids is 1. The summed E-state index contributed by atoms with van der Waals surface area (Å²) in [6, 6.07) is 7.11. The van der Waals surface area contributed by atoms with Gasteiger partial charge in [-0.15, -0.1) is 0 Å². The molecular formula is C15H11F3N4O. The van der Waals surface area contributed by atoms with Crippen molar-refractivity contribution in [2.24, 2.45) is 0 Å². The molecule has 0 fully saturated rings. The minimum absolute atomic E-state index is 0.234. The summed E-state index contributed by atoms with van der Waals surface area (Å²) >= 11 is 0. The van der Waals surface area contributed by atoms with E-state index in [2.05, 4.69) is 20.3 Å². The number of alkyl halides is 3. The van der Waals surface area contributed by atoms with Gasteiger partial charge in [-0.05, 0) is 24.3 Å². The summed E-state index contributed by atoms with van der Waals surface area (Å²) in [5.74, 6) is -0.513. The van der Waals surface area contributed by atoms with Crippen molar-refractivity contribution >= 4 is 16.9 Å². The highest BCUT2D eigenvalue weighted by molar-refractivity contribution is 6.04. The lowest BCUT2D eigenvalue weighted by Gasteiger charge is -2.12. The highest BCUT2D eigenvalue weighted by Crippen LogP contribution is 2.30. The zero-order chi connectivity index (χ0) is 16.4. The first-order valence-electron chi connectivity index (χ1n) is 6.68. The summed E-state index contributed by atoms with van der Waals surface area (Å²) in [4.78, 5) is 22.8. The van der Waals surface area contributed by atoms with Gasteiger partial charge in [-0.2, -0.15) is 13.2 Å². The maximum absolute atomic E-state index is 12.9. The molecule has 2 N–H and O–H groups in total. The molecule has 0 radical (unpaired) electrons. The number of imidazole rings is 1. The number of hydrogen-bond acceptors (Lipinski definition) is 3. The summed E-state index contributed by atoms with van der Waals surface area (Å²) in [5.41, 5.74) is 0.322. The van der Waals surface area contributed by atoms with Crippen molar-refractivity contribution in [3.05, 3.63) is 59.7 Å². The lowest BCUT2D eigenvalue weighted by molar-refractivity contribution is -0.138. The van der Waals surface area contributed by atoms with Gasteiger partial charge in [-0.3, -0.25) is 9.78 Å². The van der Waals surface area contributed by atoms with Crippen LogP contribution >= 0.6 is 0 Å². The SMILES string of the molecule is O=C(NCc1ncccc1C(F)(F)F)c1cccc2[nH]cnc12. The first kappa shape index (κ1) is 15.0. The lowest BCUT2D eigenvalue weighted by Crippen LogP contribution is -2.25. The number of amides is 1. The number of pyridine rings is 1. The third-order valence-corrected chi connectivity index (χ3v) is 3.31. The minimum atomic E-state index is -4.52. The molecular weight excluding hydrogens is 309 g/mol. The molecule has 3 rings (SSSR count). The molecule has 8 heteroatoms.